The van der Waals surface area contributed by atoms with Gasteiger partial charge in [-0.3, -0.25) is 0 Å². The SMILES string of the molecule is CCc1cc(F)c(OCc2c(Br)cccc2OC(=O)OC)cc1Cl. The number of benzene rings is 2. The van der Waals surface area contributed by atoms with E-state index in [1.165, 1.54) is 19.2 Å². The molecule has 0 unspecified atom stereocenters. The largest absolute Gasteiger partial charge is 0.513 e. The van der Waals surface area contributed by atoms with E-state index in [0.29, 0.717) is 27.0 Å². The lowest BCUT2D eigenvalue weighted by Crippen LogP contribution is -2.10. The van der Waals surface area contributed by atoms with Crippen molar-refractivity contribution in [3.8, 4) is 11.5 Å². The van der Waals surface area contributed by atoms with E-state index in [-0.39, 0.29) is 18.1 Å². The second-order valence-corrected chi connectivity index (χ2v) is 6.05. The standard InChI is InChI=1S/C17H15BrClFO4/c1-3-10-7-14(20)16(8-13(10)19)23-9-11-12(18)5-4-6-15(11)24-17(21)22-2/h4-8H,3,9H2,1-2H3. The van der Waals surface area contributed by atoms with E-state index in [1.807, 2.05) is 6.92 Å². The first-order chi connectivity index (χ1) is 11.5. The highest BCUT2D eigenvalue weighted by Gasteiger charge is 2.15. The zero-order chi connectivity index (χ0) is 17.7. The summed E-state index contributed by atoms with van der Waals surface area (Å²) in [6, 6.07) is 7.83. The number of ether oxygens (including phenoxy) is 3. The number of carbonyl (C=O) groups excluding carboxylic acids is 1. The molecule has 0 saturated heterocycles. The lowest BCUT2D eigenvalue weighted by molar-refractivity contribution is 0.120. The Balaban J connectivity index is 2.23. The average Bonchev–Trinajstić information content (AvgIpc) is 2.56. The van der Waals surface area contributed by atoms with Crippen LogP contribution in [0.4, 0.5) is 9.18 Å². The Morgan fingerprint density at radius 2 is 2.04 bits per heavy atom. The molecule has 0 atom stereocenters. The first kappa shape index (κ1) is 18.5. The molecule has 0 aliphatic rings. The Bertz CT molecular complexity index is 752. The summed E-state index contributed by atoms with van der Waals surface area (Å²) in [6.07, 6.45) is -0.229. The molecule has 0 fully saturated rings. The molecule has 2 aromatic carbocycles. The van der Waals surface area contributed by atoms with Crippen LogP contribution in [-0.2, 0) is 17.8 Å². The van der Waals surface area contributed by atoms with E-state index >= 15 is 0 Å². The average molecular weight is 418 g/mol. The van der Waals surface area contributed by atoms with Crippen molar-refractivity contribution < 1.29 is 23.4 Å². The maximum atomic E-state index is 14.1. The van der Waals surface area contributed by atoms with Gasteiger partial charge in [-0.25, -0.2) is 9.18 Å². The van der Waals surface area contributed by atoms with E-state index in [0.717, 1.165) is 0 Å². The van der Waals surface area contributed by atoms with E-state index in [9.17, 15) is 9.18 Å². The number of methoxy groups -OCH3 is 1. The van der Waals surface area contributed by atoms with Gasteiger partial charge in [-0.2, -0.15) is 0 Å². The summed E-state index contributed by atoms with van der Waals surface area (Å²) in [5, 5.41) is 0.437. The molecular weight excluding hydrogens is 403 g/mol. The highest BCUT2D eigenvalue weighted by molar-refractivity contribution is 9.10. The first-order valence-electron chi connectivity index (χ1n) is 7.10. The third kappa shape index (κ3) is 4.39. The van der Waals surface area contributed by atoms with Crippen molar-refractivity contribution in [3.63, 3.8) is 0 Å². The van der Waals surface area contributed by atoms with Crippen LogP contribution in [0.25, 0.3) is 0 Å². The van der Waals surface area contributed by atoms with E-state index < -0.39 is 12.0 Å². The fraction of sp³-hybridized carbons (Fsp3) is 0.235. The van der Waals surface area contributed by atoms with Crippen LogP contribution in [0.2, 0.25) is 5.02 Å². The van der Waals surface area contributed by atoms with Crippen molar-refractivity contribution in [2.75, 3.05) is 7.11 Å². The zero-order valence-corrected chi connectivity index (χ0v) is 15.4. The predicted octanol–water partition coefficient (Wildman–Crippen LogP) is 5.53. The molecule has 128 valence electrons. The molecule has 4 nitrogen and oxygen atoms in total. The van der Waals surface area contributed by atoms with Crippen molar-refractivity contribution in [2.45, 2.75) is 20.0 Å². The second kappa shape index (κ2) is 8.35. The van der Waals surface area contributed by atoms with Crippen LogP contribution in [0.3, 0.4) is 0 Å². The number of halogens is 3. The van der Waals surface area contributed by atoms with Gasteiger partial charge in [0.1, 0.15) is 12.4 Å². The van der Waals surface area contributed by atoms with Crippen LogP contribution in [0, 0.1) is 5.82 Å². The zero-order valence-electron chi connectivity index (χ0n) is 13.1. The molecule has 0 amide bonds. The van der Waals surface area contributed by atoms with E-state index in [4.69, 9.17) is 21.1 Å². The minimum atomic E-state index is -0.851. The van der Waals surface area contributed by atoms with Gasteiger partial charge >= 0.3 is 6.16 Å². The molecule has 2 rings (SSSR count). The minimum absolute atomic E-state index is 0.0214. The van der Waals surface area contributed by atoms with Crippen LogP contribution in [0.15, 0.2) is 34.8 Å². The number of hydrogen-bond donors (Lipinski definition) is 0. The molecule has 0 aliphatic heterocycles. The second-order valence-electron chi connectivity index (χ2n) is 4.79. The summed E-state index contributed by atoms with van der Waals surface area (Å²) < 4.78 is 29.8. The van der Waals surface area contributed by atoms with Gasteiger partial charge in [-0.05, 0) is 30.2 Å². The lowest BCUT2D eigenvalue weighted by atomic mass is 10.1. The maximum Gasteiger partial charge on any atom is 0.513 e. The Morgan fingerprint density at radius 1 is 1.29 bits per heavy atom. The Kier molecular flexibility index (Phi) is 6.45. The van der Waals surface area contributed by atoms with Gasteiger partial charge in [0.25, 0.3) is 0 Å². The van der Waals surface area contributed by atoms with E-state index in [2.05, 4.69) is 20.7 Å². The molecule has 0 N–H and O–H groups in total. The molecule has 0 spiro atoms. The Labute approximate surface area is 152 Å². The van der Waals surface area contributed by atoms with E-state index in [1.54, 1.807) is 18.2 Å². The quantitative estimate of drug-likeness (QED) is 0.474. The molecule has 2 aromatic rings. The molecule has 0 aliphatic carbocycles. The monoisotopic (exact) mass is 416 g/mol. The smallest absolute Gasteiger partial charge is 0.486 e. The number of carbonyl (C=O) groups is 1. The van der Waals surface area contributed by atoms with Crippen molar-refractivity contribution in [1.29, 1.82) is 0 Å². The van der Waals surface area contributed by atoms with Crippen LogP contribution >= 0.6 is 27.5 Å². The van der Waals surface area contributed by atoms with Gasteiger partial charge in [0.05, 0.1) is 7.11 Å². The lowest BCUT2D eigenvalue weighted by Gasteiger charge is -2.14. The maximum absolute atomic E-state index is 14.1. The summed E-state index contributed by atoms with van der Waals surface area (Å²) in [5.41, 5.74) is 1.25. The topological polar surface area (TPSA) is 44.8 Å². The van der Waals surface area contributed by atoms with Gasteiger partial charge in [0, 0.05) is 21.1 Å². The van der Waals surface area contributed by atoms with Crippen molar-refractivity contribution in [1.82, 2.24) is 0 Å². The van der Waals surface area contributed by atoms with Crippen LogP contribution in [-0.4, -0.2) is 13.3 Å². The highest BCUT2D eigenvalue weighted by Crippen LogP contribution is 2.31. The van der Waals surface area contributed by atoms with Crippen molar-refractivity contribution in [3.05, 3.63) is 56.8 Å². The molecule has 0 radical (unpaired) electrons. The Morgan fingerprint density at radius 3 is 2.71 bits per heavy atom. The number of aryl methyl sites for hydroxylation is 1. The van der Waals surface area contributed by atoms with Crippen molar-refractivity contribution >= 4 is 33.7 Å². The normalized spacial score (nSPS) is 10.4. The molecule has 0 heterocycles. The molecule has 24 heavy (non-hydrogen) atoms. The fourth-order valence-corrected chi connectivity index (χ4v) is 2.76. The summed E-state index contributed by atoms with van der Waals surface area (Å²) in [7, 11) is 1.21. The Hall–Kier alpha value is -1.79. The highest BCUT2D eigenvalue weighted by atomic mass is 79.9. The molecule has 0 aromatic heterocycles. The third-order valence-electron chi connectivity index (χ3n) is 3.29. The van der Waals surface area contributed by atoms with Crippen LogP contribution in [0.5, 0.6) is 11.5 Å². The minimum Gasteiger partial charge on any atom is -0.486 e. The van der Waals surface area contributed by atoms with Crippen molar-refractivity contribution in [2.24, 2.45) is 0 Å². The summed E-state index contributed by atoms with van der Waals surface area (Å²) in [5.74, 6) is -0.219. The van der Waals surface area contributed by atoms with Gasteiger partial charge in [0.2, 0.25) is 0 Å². The predicted molar refractivity (Wildman–Crippen MR) is 92.3 cm³/mol. The number of rotatable bonds is 5. The molecule has 0 saturated carbocycles. The third-order valence-corrected chi connectivity index (χ3v) is 4.38. The van der Waals surface area contributed by atoms with Crippen LogP contribution < -0.4 is 9.47 Å². The molecular formula is C17H15BrClFO4. The van der Waals surface area contributed by atoms with Crippen LogP contribution in [0.1, 0.15) is 18.1 Å². The van der Waals surface area contributed by atoms with Gasteiger partial charge in [-0.1, -0.05) is 40.5 Å². The summed E-state index contributed by atoms with van der Waals surface area (Å²) in [6.45, 7) is 1.87. The van der Waals surface area contributed by atoms with Gasteiger partial charge in [0.15, 0.2) is 11.6 Å². The fourth-order valence-electron chi connectivity index (χ4n) is 2.01. The van der Waals surface area contributed by atoms with Gasteiger partial charge < -0.3 is 14.2 Å². The van der Waals surface area contributed by atoms with Gasteiger partial charge in [-0.15, -0.1) is 0 Å². The molecule has 0 bridgehead atoms. The summed E-state index contributed by atoms with van der Waals surface area (Å²) >= 11 is 9.45. The number of hydrogen-bond acceptors (Lipinski definition) is 4. The molecule has 7 heteroatoms. The first-order valence-corrected chi connectivity index (χ1v) is 8.27. The summed E-state index contributed by atoms with van der Waals surface area (Å²) in [4.78, 5) is 11.3.